The fraction of sp³-hybridized carbons (Fsp3) is 0.870. The van der Waals surface area contributed by atoms with Gasteiger partial charge >= 0.3 is 5.97 Å². The van der Waals surface area contributed by atoms with Crippen LogP contribution in [0.1, 0.15) is 65.7 Å². The second-order valence-corrected chi connectivity index (χ2v) is 10.6. The van der Waals surface area contributed by atoms with Crippen molar-refractivity contribution in [2.45, 2.75) is 77.9 Å². The van der Waals surface area contributed by atoms with Crippen molar-refractivity contribution < 1.29 is 20.1 Å². The highest BCUT2D eigenvalue weighted by atomic mass is 16.4. The molecule has 4 nitrogen and oxygen atoms in total. The number of rotatable bonds is 3. The second kappa shape index (κ2) is 6.59. The summed E-state index contributed by atoms with van der Waals surface area (Å²) in [7, 11) is 0. The Kier molecular flexibility index (Phi) is 4.74. The van der Waals surface area contributed by atoms with E-state index in [1.54, 1.807) is 0 Å². The Bertz CT molecular complexity index is 630. The van der Waals surface area contributed by atoms with E-state index in [2.05, 4.69) is 32.9 Å². The lowest BCUT2D eigenvalue weighted by Gasteiger charge is -2.60. The maximum absolute atomic E-state index is 11.4. The lowest BCUT2D eigenvalue weighted by atomic mass is 9.45. The predicted octanol–water partition coefficient (Wildman–Crippen LogP) is 3.86. The van der Waals surface area contributed by atoms with Gasteiger partial charge in [-0.1, -0.05) is 32.9 Å². The summed E-state index contributed by atoms with van der Waals surface area (Å²) in [5.41, 5.74) is -0.0104. The summed E-state index contributed by atoms with van der Waals surface area (Å²) in [4.78, 5) is 11.3. The highest BCUT2D eigenvalue weighted by molar-refractivity contribution is 5.67. The lowest BCUT2D eigenvalue weighted by molar-refractivity contribution is -0.149. The van der Waals surface area contributed by atoms with Crippen molar-refractivity contribution >= 4 is 5.97 Å². The van der Waals surface area contributed by atoms with Crippen LogP contribution < -0.4 is 0 Å². The summed E-state index contributed by atoms with van der Waals surface area (Å²) in [6.07, 6.45) is 10.2. The maximum atomic E-state index is 11.4. The second-order valence-electron chi connectivity index (χ2n) is 10.6. The summed E-state index contributed by atoms with van der Waals surface area (Å²) < 4.78 is 0. The Morgan fingerprint density at radius 2 is 1.85 bits per heavy atom. The molecule has 3 N–H and O–H groups in total. The average Bonchev–Trinajstić information content (AvgIpc) is 2.95. The molecular weight excluding hydrogens is 340 g/mol. The third kappa shape index (κ3) is 2.81. The highest BCUT2D eigenvalue weighted by Gasteiger charge is 2.62. The quantitative estimate of drug-likeness (QED) is 0.654. The van der Waals surface area contributed by atoms with Crippen LogP contribution >= 0.6 is 0 Å². The van der Waals surface area contributed by atoms with Gasteiger partial charge in [0.15, 0.2) is 0 Å². The van der Waals surface area contributed by atoms with Crippen LogP contribution in [0.3, 0.4) is 0 Å². The molecule has 4 heteroatoms. The number of hydrogen-bond donors (Lipinski definition) is 3. The average molecular weight is 377 g/mol. The van der Waals surface area contributed by atoms with E-state index in [0.29, 0.717) is 23.7 Å². The van der Waals surface area contributed by atoms with Crippen LogP contribution in [0.25, 0.3) is 0 Å². The van der Waals surface area contributed by atoms with E-state index >= 15 is 0 Å². The Morgan fingerprint density at radius 1 is 1.11 bits per heavy atom. The molecule has 4 rings (SSSR count). The Balaban J connectivity index is 1.64. The van der Waals surface area contributed by atoms with E-state index in [1.165, 1.54) is 0 Å². The SMILES string of the molecule is C[C@@H](CC(=O)O)[C@@H]1CC[C@@H]2[C@H]3C=C[C@H]4C[C@@H](O)CC[C@]4(C)[C@@H]3C[C@@H](O)[C@]21C. The zero-order valence-corrected chi connectivity index (χ0v) is 17.0. The number of fused-ring (bicyclic) bond motifs is 5. The number of carbonyl (C=O) groups is 1. The van der Waals surface area contributed by atoms with Gasteiger partial charge in [-0.05, 0) is 84.9 Å². The van der Waals surface area contributed by atoms with Crippen LogP contribution in [0.4, 0.5) is 0 Å². The van der Waals surface area contributed by atoms with E-state index in [1.807, 2.05) is 0 Å². The van der Waals surface area contributed by atoms with Gasteiger partial charge < -0.3 is 15.3 Å². The maximum Gasteiger partial charge on any atom is 0.303 e. The van der Waals surface area contributed by atoms with Crippen molar-refractivity contribution in [3.63, 3.8) is 0 Å². The summed E-state index contributed by atoms with van der Waals surface area (Å²) >= 11 is 0. The van der Waals surface area contributed by atoms with Gasteiger partial charge in [0.25, 0.3) is 0 Å². The zero-order chi connectivity index (χ0) is 19.6. The molecular formula is C23H36O4. The van der Waals surface area contributed by atoms with Crippen LogP contribution in [0.5, 0.6) is 0 Å². The van der Waals surface area contributed by atoms with E-state index in [9.17, 15) is 20.1 Å². The molecule has 0 aliphatic heterocycles. The molecule has 3 saturated carbocycles. The number of aliphatic hydroxyl groups excluding tert-OH is 2. The van der Waals surface area contributed by atoms with Crippen molar-refractivity contribution in [1.82, 2.24) is 0 Å². The van der Waals surface area contributed by atoms with Crippen LogP contribution in [-0.4, -0.2) is 33.5 Å². The fourth-order valence-electron chi connectivity index (χ4n) is 7.95. The largest absolute Gasteiger partial charge is 0.481 e. The first kappa shape index (κ1) is 19.4. The first-order valence-corrected chi connectivity index (χ1v) is 10.9. The number of hydrogen-bond acceptors (Lipinski definition) is 3. The topological polar surface area (TPSA) is 77.8 Å². The molecule has 0 heterocycles. The normalized spacial score (nSPS) is 52.6. The smallest absolute Gasteiger partial charge is 0.303 e. The van der Waals surface area contributed by atoms with Gasteiger partial charge in [0, 0.05) is 6.42 Å². The zero-order valence-electron chi connectivity index (χ0n) is 17.0. The molecule has 0 amide bonds. The number of carboxylic acid groups (broad SMARTS) is 1. The summed E-state index contributed by atoms with van der Waals surface area (Å²) in [5, 5.41) is 30.8. The van der Waals surface area contributed by atoms with Crippen LogP contribution in [0.15, 0.2) is 12.2 Å². The van der Waals surface area contributed by atoms with Crippen molar-refractivity contribution in [2.24, 2.45) is 46.3 Å². The number of allylic oxidation sites excluding steroid dienone is 2. The molecule has 0 aromatic rings. The molecule has 0 spiro atoms. The minimum Gasteiger partial charge on any atom is -0.481 e. The van der Waals surface area contributed by atoms with E-state index < -0.39 is 5.97 Å². The van der Waals surface area contributed by atoms with Gasteiger partial charge in [0.2, 0.25) is 0 Å². The molecule has 0 radical (unpaired) electrons. The van der Waals surface area contributed by atoms with Gasteiger partial charge in [-0.15, -0.1) is 0 Å². The molecule has 0 aromatic carbocycles. The first-order valence-electron chi connectivity index (χ1n) is 10.9. The van der Waals surface area contributed by atoms with E-state index in [4.69, 9.17) is 0 Å². The molecule has 0 unspecified atom stereocenters. The molecule has 4 aliphatic rings. The Hall–Kier alpha value is -0.870. The predicted molar refractivity (Wildman–Crippen MR) is 104 cm³/mol. The first-order chi connectivity index (χ1) is 12.7. The third-order valence-corrected chi connectivity index (χ3v) is 9.50. The molecule has 27 heavy (non-hydrogen) atoms. The fourth-order valence-corrected chi connectivity index (χ4v) is 7.95. The minimum atomic E-state index is -0.730. The lowest BCUT2D eigenvalue weighted by Crippen LogP contribution is -2.57. The van der Waals surface area contributed by atoms with Gasteiger partial charge in [-0.3, -0.25) is 4.79 Å². The Labute approximate surface area is 163 Å². The van der Waals surface area contributed by atoms with Crippen molar-refractivity contribution in [3.05, 3.63) is 12.2 Å². The van der Waals surface area contributed by atoms with E-state index in [0.717, 1.165) is 38.5 Å². The van der Waals surface area contributed by atoms with Gasteiger partial charge in [0.05, 0.1) is 12.2 Å². The van der Waals surface area contributed by atoms with Gasteiger partial charge in [0.1, 0.15) is 0 Å². The summed E-state index contributed by atoms with van der Waals surface area (Å²) in [6, 6.07) is 0. The molecule has 10 atom stereocenters. The van der Waals surface area contributed by atoms with Gasteiger partial charge in [-0.25, -0.2) is 0 Å². The van der Waals surface area contributed by atoms with Crippen LogP contribution in [0.2, 0.25) is 0 Å². The minimum absolute atomic E-state index is 0.101. The van der Waals surface area contributed by atoms with E-state index in [-0.39, 0.29) is 41.3 Å². The number of carboxylic acids is 1. The Morgan fingerprint density at radius 3 is 2.56 bits per heavy atom. The van der Waals surface area contributed by atoms with Crippen molar-refractivity contribution in [3.8, 4) is 0 Å². The molecule has 152 valence electrons. The van der Waals surface area contributed by atoms with Crippen LogP contribution in [0, 0.1) is 46.3 Å². The summed E-state index contributed by atoms with van der Waals surface area (Å²) in [5.74, 6) is 1.46. The van der Waals surface area contributed by atoms with Crippen molar-refractivity contribution in [2.75, 3.05) is 0 Å². The standard InChI is InChI=1S/C23H36O4/c1-13(10-21(26)27)17-6-7-18-16-5-4-14-11-15(24)8-9-22(14,2)19(16)12-20(25)23(17,18)3/h4-5,13-20,24-25H,6-12H2,1-3H3,(H,26,27)/t13-,14-,15-,16+,17-,18+,19+,20+,22-,23-/m0/s1. The number of aliphatic hydroxyl groups is 2. The van der Waals surface area contributed by atoms with Crippen LogP contribution in [-0.2, 0) is 4.79 Å². The summed E-state index contributed by atoms with van der Waals surface area (Å²) in [6.45, 7) is 6.68. The number of aliphatic carboxylic acids is 1. The molecule has 0 bridgehead atoms. The monoisotopic (exact) mass is 376 g/mol. The highest BCUT2D eigenvalue weighted by Crippen LogP contribution is 2.66. The van der Waals surface area contributed by atoms with Crippen molar-refractivity contribution in [1.29, 1.82) is 0 Å². The molecule has 4 aliphatic carbocycles. The molecule has 3 fully saturated rings. The molecule has 0 aromatic heterocycles. The van der Waals surface area contributed by atoms with Gasteiger partial charge in [-0.2, -0.15) is 0 Å². The third-order valence-electron chi connectivity index (χ3n) is 9.50. The molecule has 0 saturated heterocycles.